The number of rotatable bonds is 7. The predicted octanol–water partition coefficient (Wildman–Crippen LogP) is 2.30. The van der Waals surface area contributed by atoms with Crippen LogP contribution in [-0.4, -0.2) is 26.2 Å². The van der Waals surface area contributed by atoms with Gasteiger partial charge in [-0.15, -0.1) is 0 Å². The van der Waals surface area contributed by atoms with Gasteiger partial charge in [0.1, 0.15) is 5.75 Å². The first-order chi connectivity index (χ1) is 8.72. The number of carbonyl (C=O) groups excluding carboxylic acids is 1. The zero-order valence-electron chi connectivity index (χ0n) is 11.2. The van der Waals surface area contributed by atoms with Crippen LogP contribution >= 0.6 is 0 Å². The van der Waals surface area contributed by atoms with E-state index in [0.717, 1.165) is 24.3 Å². The van der Waals surface area contributed by atoms with Crippen LogP contribution in [0.5, 0.6) is 5.75 Å². The van der Waals surface area contributed by atoms with Crippen LogP contribution in [0.25, 0.3) is 0 Å². The normalized spacial score (nSPS) is 11.9. The van der Waals surface area contributed by atoms with E-state index in [-0.39, 0.29) is 18.6 Å². The third-order valence-electron chi connectivity index (χ3n) is 2.73. The van der Waals surface area contributed by atoms with E-state index in [1.807, 2.05) is 24.3 Å². The molecular weight excluding hydrogens is 230 g/mol. The molecule has 1 aromatic rings. The second-order valence-electron chi connectivity index (χ2n) is 3.92. The summed E-state index contributed by atoms with van der Waals surface area (Å²) in [6.45, 7) is 5.02. The first kappa shape index (κ1) is 14.5. The van der Waals surface area contributed by atoms with Crippen molar-refractivity contribution in [1.29, 1.82) is 0 Å². The first-order valence-electron chi connectivity index (χ1n) is 6.24. The maximum Gasteiger partial charge on any atom is 0.343 e. The molecule has 0 radical (unpaired) electrons. The van der Waals surface area contributed by atoms with Gasteiger partial charge in [-0.2, -0.15) is 0 Å². The fourth-order valence-electron chi connectivity index (χ4n) is 1.82. The van der Waals surface area contributed by atoms with Crippen LogP contribution < -0.4 is 10.1 Å². The maximum absolute atomic E-state index is 11.1. The largest absolute Gasteiger partial charge is 0.482 e. The van der Waals surface area contributed by atoms with Crippen LogP contribution in [0.2, 0.25) is 0 Å². The van der Waals surface area contributed by atoms with Crippen molar-refractivity contribution in [1.82, 2.24) is 5.32 Å². The summed E-state index contributed by atoms with van der Waals surface area (Å²) in [5.74, 6) is 0.358. The van der Waals surface area contributed by atoms with Gasteiger partial charge in [0.25, 0.3) is 0 Å². The number of methoxy groups -OCH3 is 1. The monoisotopic (exact) mass is 251 g/mol. The Kier molecular flexibility index (Phi) is 6.22. The molecule has 0 saturated carbocycles. The Labute approximate surface area is 108 Å². The molecule has 18 heavy (non-hydrogen) atoms. The Balaban J connectivity index is 2.80. The Hall–Kier alpha value is -1.55. The predicted molar refractivity (Wildman–Crippen MR) is 70.7 cm³/mol. The van der Waals surface area contributed by atoms with Gasteiger partial charge < -0.3 is 14.8 Å². The standard InChI is InChI=1S/C14H21NO3/c1-4-12(15-5-2)11-8-6-7-9-13(11)18-10-14(16)17-3/h6-9,12,15H,4-5,10H2,1-3H3. The molecule has 0 aliphatic heterocycles. The van der Waals surface area contributed by atoms with Crippen molar-refractivity contribution in [2.24, 2.45) is 0 Å². The Morgan fingerprint density at radius 1 is 1.33 bits per heavy atom. The van der Waals surface area contributed by atoms with Gasteiger partial charge in [0.05, 0.1) is 7.11 Å². The number of carbonyl (C=O) groups is 1. The van der Waals surface area contributed by atoms with E-state index in [2.05, 4.69) is 23.9 Å². The summed E-state index contributed by atoms with van der Waals surface area (Å²) in [5.41, 5.74) is 1.07. The Morgan fingerprint density at radius 3 is 2.67 bits per heavy atom. The summed E-state index contributed by atoms with van der Waals surface area (Å²) in [5, 5.41) is 3.39. The van der Waals surface area contributed by atoms with E-state index < -0.39 is 0 Å². The average Bonchev–Trinajstić information content (AvgIpc) is 2.42. The average molecular weight is 251 g/mol. The summed E-state index contributed by atoms with van der Waals surface area (Å²) in [7, 11) is 1.35. The molecule has 0 spiro atoms. The minimum Gasteiger partial charge on any atom is -0.482 e. The SMILES string of the molecule is CCNC(CC)c1ccccc1OCC(=O)OC. The van der Waals surface area contributed by atoms with Gasteiger partial charge in [-0.1, -0.05) is 32.0 Å². The highest BCUT2D eigenvalue weighted by atomic mass is 16.6. The number of nitrogens with one attached hydrogen (secondary N) is 1. The lowest BCUT2D eigenvalue weighted by Gasteiger charge is -2.19. The summed E-state index contributed by atoms with van der Waals surface area (Å²) in [4.78, 5) is 11.1. The highest BCUT2D eigenvalue weighted by molar-refractivity contribution is 5.70. The molecule has 0 heterocycles. The fourth-order valence-corrected chi connectivity index (χ4v) is 1.82. The van der Waals surface area contributed by atoms with Crippen LogP contribution in [0.4, 0.5) is 0 Å². The molecule has 4 nitrogen and oxygen atoms in total. The van der Waals surface area contributed by atoms with Crippen molar-refractivity contribution in [3.05, 3.63) is 29.8 Å². The van der Waals surface area contributed by atoms with E-state index in [4.69, 9.17) is 4.74 Å². The third kappa shape index (κ3) is 4.04. The molecule has 1 rings (SSSR count). The quantitative estimate of drug-likeness (QED) is 0.755. The molecule has 0 aromatic heterocycles. The number of ether oxygens (including phenoxy) is 2. The summed E-state index contributed by atoms with van der Waals surface area (Å²) >= 11 is 0. The number of benzene rings is 1. The van der Waals surface area contributed by atoms with Crippen LogP contribution in [-0.2, 0) is 9.53 Å². The second kappa shape index (κ2) is 7.71. The third-order valence-corrected chi connectivity index (χ3v) is 2.73. The lowest BCUT2D eigenvalue weighted by Crippen LogP contribution is -2.21. The van der Waals surface area contributed by atoms with Crippen molar-refractivity contribution >= 4 is 5.97 Å². The summed E-state index contributed by atoms with van der Waals surface area (Å²) in [6.07, 6.45) is 0.965. The van der Waals surface area contributed by atoms with Gasteiger partial charge in [0.15, 0.2) is 6.61 Å². The first-order valence-corrected chi connectivity index (χ1v) is 6.24. The molecule has 0 amide bonds. The highest BCUT2D eigenvalue weighted by Crippen LogP contribution is 2.26. The van der Waals surface area contributed by atoms with Crippen LogP contribution in [0.3, 0.4) is 0 Å². The fraction of sp³-hybridized carbons (Fsp3) is 0.500. The molecule has 1 atom stereocenters. The van der Waals surface area contributed by atoms with Crippen molar-refractivity contribution in [2.75, 3.05) is 20.3 Å². The van der Waals surface area contributed by atoms with E-state index in [9.17, 15) is 4.79 Å². The topological polar surface area (TPSA) is 47.6 Å². The van der Waals surface area contributed by atoms with Crippen LogP contribution in [0.15, 0.2) is 24.3 Å². The van der Waals surface area contributed by atoms with Gasteiger partial charge in [-0.25, -0.2) is 4.79 Å². The molecular formula is C14H21NO3. The van der Waals surface area contributed by atoms with Gasteiger partial charge in [0.2, 0.25) is 0 Å². The number of hydrogen-bond donors (Lipinski definition) is 1. The van der Waals surface area contributed by atoms with Gasteiger partial charge in [0, 0.05) is 11.6 Å². The van der Waals surface area contributed by atoms with E-state index >= 15 is 0 Å². The molecule has 0 aliphatic carbocycles. The molecule has 1 N–H and O–H groups in total. The number of para-hydroxylation sites is 1. The molecule has 1 unspecified atom stereocenters. The molecule has 0 fully saturated rings. The van der Waals surface area contributed by atoms with Gasteiger partial charge in [-0.05, 0) is 19.0 Å². The summed E-state index contributed by atoms with van der Waals surface area (Å²) in [6, 6.07) is 8.00. The summed E-state index contributed by atoms with van der Waals surface area (Å²) < 4.78 is 10.1. The van der Waals surface area contributed by atoms with Gasteiger partial charge in [-0.3, -0.25) is 0 Å². The Bertz CT molecular complexity index is 379. The van der Waals surface area contributed by atoms with Crippen molar-refractivity contribution in [2.45, 2.75) is 26.3 Å². The molecule has 0 aliphatic rings. The van der Waals surface area contributed by atoms with E-state index in [1.54, 1.807) is 0 Å². The number of hydrogen-bond acceptors (Lipinski definition) is 4. The van der Waals surface area contributed by atoms with E-state index in [0.29, 0.717) is 0 Å². The lowest BCUT2D eigenvalue weighted by molar-refractivity contribution is -0.142. The zero-order chi connectivity index (χ0) is 13.4. The molecule has 0 bridgehead atoms. The second-order valence-corrected chi connectivity index (χ2v) is 3.92. The maximum atomic E-state index is 11.1. The highest BCUT2D eigenvalue weighted by Gasteiger charge is 2.13. The van der Waals surface area contributed by atoms with Crippen molar-refractivity contribution < 1.29 is 14.3 Å². The van der Waals surface area contributed by atoms with Crippen LogP contribution in [0.1, 0.15) is 31.9 Å². The molecule has 1 aromatic carbocycles. The minimum absolute atomic E-state index is 0.0595. The Morgan fingerprint density at radius 2 is 2.06 bits per heavy atom. The zero-order valence-corrected chi connectivity index (χ0v) is 11.2. The van der Waals surface area contributed by atoms with Gasteiger partial charge >= 0.3 is 5.97 Å². The molecule has 0 saturated heterocycles. The molecule has 100 valence electrons. The van der Waals surface area contributed by atoms with Crippen molar-refractivity contribution in [3.8, 4) is 5.75 Å². The van der Waals surface area contributed by atoms with E-state index in [1.165, 1.54) is 7.11 Å². The van der Waals surface area contributed by atoms with Crippen molar-refractivity contribution in [3.63, 3.8) is 0 Å². The smallest absolute Gasteiger partial charge is 0.343 e. The lowest BCUT2D eigenvalue weighted by atomic mass is 10.0. The number of esters is 1. The van der Waals surface area contributed by atoms with Crippen LogP contribution in [0, 0.1) is 0 Å². The minimum atomic E-state index is -0.374. The molecule has 4 heteroatoms.